The molecule has 0 bridgehead atoms. The van der Waals surface area contributed by atoms with E-state index < -0.39 is 0 Å². The first-order chi connectivity index (χ1) is 28.3. The van der Waals surface area contributed by atoms with Crippen molar-refractivity contribution >= 4 is 60.8 Å². The lowest BCUT2D eigenvalue weighted by Gasteiger charge is -2.26. The van der Waals surface area contributed by atoms with Crippen LogP contribution in [0.3, 0.4) is 0 Å². The van der Waals surface area contributed by atoms with Crippen molar-refractivity contribution in [2.24, 2.45) is 0 Å². The summed E-state index contributed by atoms with van der Waals surface area (Å²) in [5.74, 6) is 0. The van der Waals surface area contributed by atoms with Gasteiger partial charge in [0.05, 0.1) is 16.7 Å². The number of benzene rings is 9. The molecule has 3 heteroatoms. The average Bonchev–Trinajstić information content (AvgIpc) is 3.84. The van der Waals surface area contributed by atoms with Crippen molar-refractivity contribution in [2.45, 2.75) is 0 Å². The number of anilines is 3. The average molecular weight is 729 g/mol. The van der Waals surface area contributed by atoms with Gasteiger partial charge in [0, 0.05) is 38.6 Å². The van der Waals surface area contributed by atoms with E-state index in [1.165, 1.54) is 49.6 Å². The molecule has 57 heavy (non-hydrogen) atoms. The van der Waals surface area contributed by atoms with Gasteiger partial charge in [-0.05, 0) is 100 Å². The summed E-state index contributed by atoms with van der Waals surface area (Å²) in [5, 5.41) is 4.69. The largest absolute Gasteiger partial charge is 0.454 e. The van der Waals surface area contributed by atoms with Crippen molar-refractivity contribution in [1.29, 1.82) is 0 Å². The topological polar surface area (TPSA) is 21.3 Å². The highest BCUT2D eigenvalue weighted by molar-refractivity contribution is 6.11. The molecule has 0 radical (unpaired) electrons. The molecule has 0 aliphatic carbocycles. The van der Waals surface area contributed by atoms with E-state index in [-0.39, 0.29) is 0 Å². The Kier molecular flexibility index (Phi) is 7.82. The van der Waals surface area contributed by atoms with E-state index in [4.69, 9.17) is 4.42 Å². The predicted molar refractivity (Wildman–Crippen MR) is 239 cm³/mol. The third-order valence-corrected chi connectivity index (χ3v) is 11.2. The Balaban J connectivity index is 0.996. The summed E-state index contributed by atoms with van der Waals surface area (Å²) in [6, 6.07) is 78.0. The molecule has 2 heterocycles. The normalized spacial score (nSPS) is 11.5. The van der Waals surface area contributed by atoms with Crippen LogP contribution in [0.25, 0.3) is 82.8 Å². The summed E-state index contributed by atoms with van der Waals surface area (Å²) in [7, 11) is 0. The molecule has 11 rings (SSSR count). The molecular formula is C54H36N2O. The van der Waals surface area contributed by atoms with Crippen molar-refractivity contribution in [3.05, 3.63) is 218 Å². The van der Waals surface area contributed by atoms with Crippen molar-refractivity contribution < 1.29 is 4.42 Å². The van der Waals surface area contributed by atoms with Crippen molar-refractivity contribution in [3.8, 4) is 39.1 Å². The van der Waals surface area contributed by atoms with Crippen LogP contribution in [-0.2, 0) is 0 Å². The van der Waals surface area contributed by atoms with Gasteiger partial charge < -0.3 is 13.9 Å². The van der Waals surface area contributed by atoms with Gasteiger partial charge in [-0.2, -0.15) is 0 Å². The zero-order valence-electron chi connectivity index (χ0n) is 31.1. The molecule has 268 valence electrons. The van der Waals surface area contributed by atoms with E-state index in [1.807, 2.05) is 12.1 Å². The zero-order valence-corrected chi connectivity index (χ0v) is 31.1. The van der Waals surface area contributed by atoms with Crippen LogP contribution >= 0.6 is 0 Å². The number of hydrogen-bond acceptors (Lipinski definition) is 2. The molecule has 0 aliphatic heterocycles. The fraction of sp³-hybridized carbons (Fsp3) is 0. The Hall–Kier alpha value is -7.62. The fourth-order valence-electron chi connectivity index (χ4n) is 8.44. The third-order valence-electron chi connectivity index (χ3n) is 11.2. The van der Waals surface area contributed by atoms with Crippen LogP contribution in [0.1, 0.15) is 0 Å². The molecule has 3 nitrogen and oxygen atoms in total. The number of para-hydroxylation sites is 3. The van der Waals surface area contributed by atoms with E-state index in [9.17, 15) is 0 Å². The summed E-state index contributed by atoms with van der Waals surface area (Å²) in [6.45, 7) is 0. The van der Waals surface area contributed by atoms with Gasteiger partial charge in [-0.3, -0.25) is 0 Å². The predicted octanol–water partition coefficient (Wildman–Crippen LogP) is 15.2. The number of nitrogens with zero attached hydrogens (tertiary/aromatic N) is 2. The minimum atomic E-state index is 0.867. The third kappa shape index (κ3) is 5.68. The summed E-state index contributed by atoms with van der Waals surface area (Å²) >= 11 is 0. The van der Waals surface area contributed by atoms with Crippen molar-refractivity contribution in [2.75, 3.05) is 4.90 Å². The number of aromatic nitrogens is 1. The van der Waals surface area contributed by atoms with Crippen LogP contribution < -0.4 is 4.90 Å². The minimum absolute atomic E-state index is 0.867. The summed E-state index contributed by atoms with van der Waals surface area (Å²) in [6.07, 6.45) is 0. The lowest BCUT2D eigenvalue weighted by atomic mass is 10.0. The summed E-state index contributed by atoms with van der Waals surface area (Å²) in [4.78, 5) is 2.31. The maximum Gasteiger partial charge on any atom is 0.159 e. The lowest BCUT2D eigenvalue weighted by molar-refractivity contribution is 0.669. The zero-order chi connectivity index (χ0) is 37.7. The first-order valence-electron chi connectivity index (χ1n) is 19.4. The lowest BCUT2D eigenvalue weighted by Crippen LogP contribution is -2.10. The monoisotopic (exact) mass is 728 g/mol. The Morgan fingerprint density at radius 1 is 0.333 bits per heavy atom. The number of furan rings is 1. The smallest absolute Gasteiger partial charge is 0.159 e. The van der Waals surface area contributed by atoms with Gasteiger partial charge in [0.15, 0.2) is 5.58 Å². The van der Waals surface area contributed by atoms with Gasteiger partial charge in [-0.1, -0.05) is 152 Å². The molecular weight excluding hydrogens is 693 g/mol. The molecule has 0 unspecified atom stereocenters. The molecule has 11 aromatic rings. The molecule has 0 atom stereocenters. The highest BCUT2D eigenvalue weighted by Crippen LogP contribution is 2.43. The van der Waals surface area contributed by atoms with Crippen LogP contribution in [0, 0.1) is 0 Å². The number of hydrogen-bond donors (Lipinski definition) is 0. The van der Waals surface area contributed by atoms with Crippen LogP contribution in [0.5, 0.6) is 0 Å². The second-order valence-corrected chi connectivity index (χ2v) is 14.5. The van der Waals surface area contributed by atoms with Crippen LogP contribution in [0.15, 0.2) is 223 Å². The SMILES string of the molecule is c1ccc(-c2ccc(N(c3ccc(-c4ccc5c(c4)c4ccccc4n5-c4ccc(-c5ccccc5)cc4)cc3)c3cccc4c3oc3ccccc34)cc2)cc1. The highest BCUT2D eigenvalue weighted by atomic mass is 16.3. The quantitative estimate of drug-likeness (QED) is 0.163. The molecule has 0 saturated heterocycles. The first-order valence-corrected chi connectivity index (χ1v) is 19.4. The Bertz CT molecular complexity index is 3200. The molecule has 0 saturated carbocycles. The van der Waals surface area contributed by atoms with Crippen LogP contribution in [0.4, 0.5) is 17.1 Å². The van der Waals surface area contributed by atoms with Gasteiger partial charge in [0.2, 0.25) is 0 Å². The Labute approximate surface area is 330 Å². The number of rotatable bonds is 7. The molecule has 0 amide bonds. The molecule has 0 N–H and O–H groups in total. The summed E-state index contributed by atoms with van der Waals surface area (Å²) < 4.78 is 8.97. The standard InChI is InChI=1S/C54H36N2O/c1-3-12-37(13-4-1)39-22-29-43(30-23-39)55(52-20-11-18-48-47-17-8-10-21-53(47)57-54(48)52)44-31-26-41(27-32-44)42-28-35-51-49(36-42)46-16-7-9-19-50(46)56(51)45-33-24-40(25-34-45)38-14-5-2-6-15-38/h1-36H. The van der Waals surface area contributed by atoms with E-state index in [1.54, 1.807) is 0 Å². The van der Waals surface area contributed by atoms with E-state index in [0.29, 0.717) is 0 Å². The van der Waals surface area contributed by atoms with Gasteiger partial charge >= 0.3 is 0 Å². The molecule has 2 aromatic heterocycles. The molecule has 9 aromatic carbocycles. The maximum atomic E-state index is 6.59. The van der Waals surface area contributed by atoms with E-state index in [0.717, 1.165) is 50.3 Å². The molecule has 0 aliphatic rings. The molecule has 0 spiro atoms. The summed E-state index contributed by atoms with van der Waals surface area (Å²) in [5.41, 5.74) is 15.5. The van der Waals surface area contributed by atoms with E-state index >= 15 is 0 Å². The second-order valence-electron chi connectivity index (χ2n) is 14.5. The van der Waals surface area contributed by atoms with Crippen LogP contribution in [-0.4, -0.2) is 4.57 Å². The maximum absolute atomic E-state index is 6.59. The molecule has 0 fully saturated rings. The van der Waals surface area contributed by atoms with Gasteiger partial charge in [-0.25, -0.2) is 0 Å². The Morgan fingerprint density at radius 2 is 0.825 bits per heavy atom. The van der Waals surface area contributed by atoms with Crippen molar-refractivity contribution in [3.63, 3.8) is 0 Å². The minimum Gasteiger partial charge on any atom is -0.454 e. The fourth-order valence-corrected chi connectivity index (χ4v) is 8.44. The van der Waals surface area contributed by atoms with Gasteiger partial charge in [0.25, 0.3) is 0 Å². The Morgan fingerprint density at radius 3 is 1.49 bits per heavy atom. The van der Waals surface area contributed by atoms with Gasteiger partial charge in [0.1, 0.15) is 5.58 Å². The number of fused-ring (bicyclic) bond motifs is 6. The van der Waals surface area contributed by atoms with Gasteiger partial charge in [-0.15, -0.1) is 0 Å². The van der Waals surface area contributed by atoms with E-state index in [2.05, 4.69) is 216 Å². The first kappa shape index (κ1) is 32.8. The second kappa shape index (κ2) is 13.6. The highest BCUT2D eigenvalue weighted by Gasteiger charge is 2.20. The van der Waals surface area contributed by atoms with Crippen LogP contribution in [0.2, 0.25) is 0 Å². The van der Waals surface area contributed by atoms with Crippen molar-refractivity contribution in [1.82, 2.24) is 4.57 Å².